The maximum Gasteiger partial charge on any atom is 0.387 e. The van der Waals surface area contributed by atoms with E-state index in [9.17, 15) is 26.8 Å². The van der Waals surface area contributed by atoms with E-state index in [1.807, 2.05) is 0 Å². The van der Waals surface area contributed by atoms with Crippen LogP contribution in [-0.4, -0.2) is 82.6 Å². The third-order valence-electron chi connectivity index (χ3n) is 7.79. The molecule has 5 rings (SSSR count). The quantitative estimate of drug-likeness (QED) is 0.230. The Labute approximate surface area is 286 Å². The number of carbonyl (C=O) groups excluding carboxylic acids is 2. The minimum Gasteiger partial charge on any atom is -0.489 e. The first-order valence-electron chi connectivity index (χ1n) is 15.0. The summed E-state index contributed by atoms with van der Waals surface area (Å²) in [7, 11) is -1.02. The maximum absolute atomic E-state index is 13.6. The van der Waals surface area contributed by atoms with Crippen LogP contribution in [0.2, 0.25) is 10.0 Å². The molecular weight excluding hydrogens is 695 g/mol. The molecule has 1 aliphatic carbocycles. The van der Waals surface area contributed by atoms with Gasteiger partial charge >= 0.3 is 12.6 Å². The summed E-state index contributed by atoms with van der Waals surface area (Å²) in [6.07, 6.45) is 2.49. The number of esters is 1. The van der Waals surface area contributed by atoms with Crippen molar-refractivity contribution in [3.63, 3.8) is 0 Å². The van der Waals surface area contributed by atoms with Gasteiger partial charge in [0.05, 0.1) is 24.7 Å². The molecule has 1 N–H and O–H groups in total. The minimum absolute atomic E-state index is 0.0311. The highest BCUT2D eigenvalue weighted by Crippen LogP contribution is 2.38. The molecule has 1 aromatic heterocycles. The average molecular weight is 730 g/mol. The summed E-state index contributed by atoms with van der Waals surface area (Å²) in [5.74, 6) is -1.08. The van der Waals surface area contributed by atoms with E-state index in [1.54, 1.807) is 14.1 Å². The second-order valence-electron chi connectivity index (χ2n) is 11.5. The number of morpholine rings is 1. The smallest absolute Gasteiger partial charge is 0.387 e. The Hall–Kier alpha value is -3.56. The average Bonchev–Trinajstić information content (AvgIpc) is 3.89. The molecule has 16 heteroatoms. The predicted octanol–water partition coefficient (Wildman–Crippen LogP) is 4.82. The van der Waals surface area contributed by atoms with Crippen LogP contribution in [-0.2, 0) is 30.7 Å². The molecule has 11 nitrogen and oxygen atoms in total. The van der Waals surface area contributed by atoms with Gasteiger partial charge in [0.15, 0.2) is 30.0 Å². The van der Waals surface area contributed by atoms with Crippen LogP contribution in [0.1, 0.15) is 40.4 Å². The fourth-order valence-corrected chi connectivity index (χ4v) is 7.01. The van der Waals surface area contributed by atoms with Crippen LogP contribution in [0.4, 0.5) is 8.78 Å². The fraction of sp³-hybridized carbons (Fsp3) is 0.406. The highest BCUT2D eigenvalue weighted by Gasteiger charge is 2.37. The molecule has 1 saturated heterocycles. The van der Waals surface area contributed by atoms with Crippen molar-refractivity contribution in [2.75, 3.05) is 40.4 Å². The van der Waals surface area contributed by atoms with Crippen molar-refractivity contribution in [1.29, 1.82) is 0 Å². The number of nitrogens with one attached hydrogen (secondary N) is 1. The second kappa shape index (κ2) is 15.3. The Morgan fingerprint density at radius 2 is 1.81 bits per heavy atom. The third-order valence-corrected chi connectivity index (χ3v) is 10.3. The number of aromatic nitrogens is 1. The van der Waals surface area contributed by atoms with Gasteiger partial charge in [-0.1, -0.05) is 35.3 Å². The van der Waals surface area contributed by atoms with Crippen molar-refractivity contribution < 1.29 is 50.7 Å². The first-order chi connectivity index (χ1) is 22.8. The van der Waals surface area contributed by atoms with Gasteiger partial charge in [0.1, 0.15) is 16.1 Å². The van der Waals surface area contributed by atoms with Crippen molar-refractivity contribution in [3.05, 3.63) is 81.6 Å². The van der Waals surface area contributed by atoms with Gasteiger partial charge < -0.3 is 23.8 Å². The number of sulfonamides is 1. The summed E-state index contributed by atoms with van der Waals surface area (Å²) in [6, 6.07) is 9.85. The number of hydrogen-bond acceptors (Lipinski definition) is 8. The third kappa shape index (κ3) is 8.72. The number of alkyl halides is 2. The number of nitrogens with zero attached hydrogens (tertiary/aromatic N) is 2. The van der Waals surface area contributed by atoms with Crippen LogP contribution in [0.5, 0.6) is 11.5 Å². The van der Waals surface area contributed by atoms with Gasteiger partial charge in [-0.15, -0.1) is 0 Å². The molecule has 0 spiro atoms. The van der Waals surface area contributed by atoms with E-state index >= 15 is 0 Å². The molecule has 1 saturated carbocycles. The number of carbonyl (C=O) groups is 2. The van der Waals surface area contributed by atoms with Gasteiger partial charge in [-0.2, -0.15) is 13.1 Å². The molecule has 2 atom stereocenters. The summed E-state index contributed by atoms with van der Waals surface area (Å²) in [5.41, 5.74) is 0.983. The van der Waals surface area contributed by atoms with E-state index in [0.717, 1.165) is 17.1 Å². The normalized spacial score (nSPS) is 17.5. The number of benzene rings is 2. The van der Waals surface area contributed by atoms with Crippen molar-refractivity contribution in [2.45, 2.75) is 43.0 Å². The monoisotopic (exact) mass is 728 g/mol. The second-order valence-corrected chi connectivity index (χ2v) is 14.3. The van der Waals surface area contributed by atoms with Crippen LogP contribution in [0.25, 0.3) is 0 Å². The number of halogens is 4. The minimum atomic E-state index is -4.13. The van der Waals surface area contributed by atoms with E-state index < -0.39 is 34.8 Å². The molecule has 2 aromatic carbocycles. The molecule has 3 aromatic rings. The Morgan fingerprint density at radius 3 is 2.48 bits per heavy atom. The van der Waals surface area contributed by atoms with E-state index in [4.69, 9.17) is 37.4 Å². The Bertz CT molecular complexity index is 1740. The number of aromatic amines is 1. The molecular formula is C32H34Cl2F2N3O8S+. The largest absolute Gasteiger partial charge is 0.489 e. The van der Waals surface area contributed by atoms with Crippen LogP contribution in [0.3, 0.4) is 0 Å². The number of pyridine rings is 1. The molecule has 1 aliphatic heterocycles. The number of rotatable bonds is 13. The number of amides is 1. The van der Waals surface area contributed by atoms with Gasteiger partial charge in [0.25, 0.3) is 5.91 Å². The Kier molecular flexibility index (Phi) is 11.4. The molecule has 0 radical (unpaired) electrons. The first kappa shape index (κ1) is 35.7. The molecule has 2 fully saturated rings. The van der Waals surface area contributed by atoms with E-state index in [-0.39, 0.29) is 64.0 Å². The van der Waals surface area contributed by atoms with Gasteiger partial charge in [-0.05, 0) is 54.7 Å². The van der Waals surface area contributed by atoms with Crippen molar-refractivity contribution >= 4 is 45.1 Å². The standard InChI is InChI=1S/C32H33Cl2F2N3O8S/c1-38(2)30(40)21-4-3-5-22(12-21)48(42,43)39-10-11-44-29(17-39)31(41)46-27(14-23-24(33)15-37-16-25(23)34)20-8-9-26(47-32(35)36)28(13-20)45-18-19-6-7-19/h3-5,8-9,12-13,15-16,19,27,29,32H,6-7,10-11,14,17-18H2,1-2H3/p+1/t27-,29+/m0/s1. The lowest BCUT2D eigenvalue weighted by Gasteiger charge is -2.32. The van der Waals surface area contributed by atoms with Gasteiger partial charge in [0, 0.05) is 38.2 Å². The van der Waals surface area contributed by atoms with Crippen LogP contribution < -0.4 is 14.5 Å². The lowest BCUT2D eigenvalue weighted by atomic mass is 10.0. The van der Waals surface area contributed by atoms with Gasteiger partial charge in [-0.25, -0.2) is 18.2 Å². The first-order valence-corrected chi connectivity index (χ1v) is 17.2. The molecule has 48 heavy (non-hydrogen) atoms. The molecule has 0 bridgehead atoms. The summed E-state index contributed by atoms with van der Waals surface area (Å²) in [5, 5.41) is 0.514. The highest BCUT2D eigenvalue weighted by atomic mass is 35.5. The number of H-pyrrole nitrogens is 1. The maximum atomic E-state index is 13.6. The van der Waals surface area contributed by atoms with Gasteiger partial charge in [-0.3, -0.25) is 4.79 Å². The molecule has 2 aliphatic rings. The molecule has 1 amide bonds. The zero-order chi connectivity index (χ0) is 34.6. The molecule has 0 unspecified atom stereocenters. The lowest BCUT2D eigenvalue weighted by Crippen LogP contribution is -2.49. The van der Waals surface area contributed by atoms with Gasteiger partial charge in [0.2, 0.25) is 10.0 Å². The Morgan fingerprint density at radius 1 is 1.08 bits per heavy atom. The summed E-state index contributed by atoms with van der Waals surface area (Å²) in [6.45, 7) is -3.31. The van der Waals surface area contributed by atoms with Crippen LogP contribution >= 0.6 is 23.2 Å². The fourth-order valence-electron chi connectivity index (χ4n) is 5.01. The lowest BCUT2D eigenvalue weighted by molar-refractivity contribution is -0.377. The van der Waals surface area contributed by atoms with Crippen molar-refractivity contribution in [3.8, 4) is 11.5 Å². The highest BCUT2D eigenvalue weighted by molar-refractivity contribution is 7.89. The van der Waals surface area contributed by atoms with Crippen LogP contribution in [0.15, 0.2) is 59.8 Å². The molecule has 258 valence electrons. The van der Waals surface area contributed by atoms with Crippen molar-refractivity contribution in [2.24, 2.45) is 5.92 Å². The van der Waals surface area contributed by atoms with E-state index in [0.29, 0.717) is 23.7 Å². The van der Waals surface area contributed by atoms with E-state index in [2.05, 4.69) is 9.72 Å². The molecule has 2 heterocycles. The predicted molar refractivity (Wildman–Crippen MR) is 170 cm³/mol. The summed E-state index contributed by atoms with van der Waals surface area (Å²) < 4.78 is 76.7. The number of ether oxygens (including phenoxy) is 4. The van der Waals surface area contributed by atoms with E-state index in [1.165, 1.54) is 59.8 Å². The zero-order valence-electron chi connectivity index (χ0n) is 26.0. The Balaban J connectivity index is 1.40. The number of hydrogen-bond donors (Lipinski definition) is 0. The summed E-state index contributed by atoms with van der Waals surface area (Å²) >= 11 is 12.8. The topological polar surface area (TPSA) is 126 Å². The van der Waals surface area contributed by atoms with Crippen LogP contribution in [0, 0.1) is 5.92 Å². The summed E-state index contributed by atoms with van der Waals surface area (Å²) in [4.78, 5) is 30.1. The zero-order valence-corrected chi connectivity index (χ0v) is 28.4. The van der Waals surface area contributed by atoms with Crippen molar-refractivity contribution in [1.82, 2.24) is 9.21 Å². The SMILES string of the molecule is CN(C)C(=O)c1cccc(S(=O)(=O)N2CCO[C@@H](C(=O)O[C@@H](Cc3c(Cl)c[nH+]cc3Cl)c3ccc(OC(F)F)c(OCC4CC4)c3)C2)c1.